The first kappa shape index (κ1) is 23.9. The predicted octanol–water partition coefficient (Wildman–Crippen LogP) is 3.71. The number of nitrogens with zero attached hydrogens (tertiary/aromatic N) is 3. The largest absolute Gasteiger partial charge is 0.399 e. The highest BCUT2D eigenvalue weighted by atomic mass is 32.8. The number of carbonyl (C=O) groups excluding carboxylic acids is 2. The van der Waals surface area contributed by atoms with Crippen molar-refractivity contribution in [2.45, 2.75) is 31.4 Å². The average molecular weight is 472 g/mol. The van der Waals surface area contributed by atoms with E-state index in [1.54, 1.807) is 22.4 Å². The molecule has 0 aliphatic heterocycles. The van der Waals surface area contributed by atoms with Gasteiger partial charge in [0.15, 0.2) is 17.4 Å². The second kappa shape index (κ2) is 9.38. The number of amides is 1. The molecule has 1 amide bonds. The number of imidazole rings is 1. The summed E-state index contributed by atoms with van der Waals surface area (Å²) < 4.78 is 3.33. The van der Waals surface area contributed by atoms with Crippen molar-refractivity contribution >= 4 is 43.8 Å². The molecule has 3 aromatic rings. The number of benzene rings is 1. The SMILES string of the molecule is Cn1cc(-c2ccc(N)cc2)cc1C(=O)Nc1cn(C)c(C(=O)CCC(C)(C)S(C)=S)n1. The molecule has 0 aliphatic carbocycles. The van der Waals surface area contributed by atoms with Gasteiger partial charge < -0.3 is 20.2 Å². The number of aryl methyl sites for hydroxylation is 2. The molecule has 0 spiro atoms. The van der Waals surface area contributed by atoms with Crippen molar-refractivity contribution in [2.24, 2.45) is 14.1 Å². The Bertz CT molecular complexity index is 1180. The lowest BCUT2D eigenvalue weighted by Crippen LogP contribution is -2.26. The summed E-state index contributed by atoms with van der Waals surface area (Å²) in [6.45, 7) is 4.16. The molecular formula is C23H29N5O2S2. The van der Waals surface area contributed by atoms with Crippen LogP contribution in [0.4, 0.5) is 11.5 Å². The fourth-order valence-electron chi connectivity index (χ4n) is 3.26. The maximum atomic E-state index is 12.9. The van der Waals surface area contributed by atoms with Crippen molar-refractivity contribution in [1.82, 2.24) is 14.1 Å². The van der Waals surface area contributed by atoms with E-state index in [0.29, 0.717) is 35.9 Å². The number of carbonyl (C=O) groups is 2. The van der Waals surface area contributed by atoms with Gasteiger partial charge >= 0.3 is 0 Å². The molecule has 170 valence electrons. The molecule has 3 rings (SSSR count). The minimum absolute atomic E-state index is 0.0639. The molecule has 2 aromatic heterocycles. The summed E-state index contributed by atoms with van der Waals surface area (Å²) in [5.41, 5.74) is 8.81. The zero-order valence-corrected chi connectivity index (χ0v) is 20.6. The van der Waals surface area contributed by atoms with E-state index in [1.807, 2.05) is 49.8 Å². The monoisotopic (exact) mass is 471 g/mol. The lowest BCUT2D eigenvalue weighted by atomic mass is 10.0. The van der Waals surface area contributed by atoms with Crippen LogP contribution < -0.4 is 11.1 Å². The van der Waals surface area contributed by atoms with E-state index in [0.717, 1.165) is 11.1 Å². The molecule has 0 bridgehead atoms. The van der Waals surface area contributed by atoms with Gasteiger partial charge in [0, 0.05) is 48.9 Å². The summed E-state index contributed by atoms with van der Waals surface area (Å²) in [5, 5.41) is 2.80. The highest BCUT2D eigenvalue weighted by molar-refractivity contribution is 8.29. The third-order valence-electron chi connectivity index (χ3n) is 5.58. The normalized spacial score (nSPS) is 12.5. The maximum absolute atomic E-state index is 12.9. The van der Waals surface area contributed by atoms with Crippen LogP contribution in [0.25, 0.3) is 11.1 Å². The van der Waals surface area contributed by atoms with Crippen LogP contribution in [0, 0.1) is 0 Å². The van der Waals surface area contributed by atoms with E-state index in [1.165, 1.54) is 0 Å². The standard InChI is InChI=1S/C23H29N5O2S2/c1-23(2,32(5)31)11-10-19(29)21-25-20(14-28(21)4)26-22(30)18-12-16(13-27(18)3)15-6-8-17(24)9-7-15/h6-9,12-14H,10-11,24H2,1-5H3,(H,26,30). The van der Waals surface area contributed by atoms with E-state index >= 15 is 0 Å². The molecule has 2 heterocycles. The second-order valence-electron chi connectivity index (χ2n) is 8.50. The van der Waals surface area contributed by atoms with Crippen LogP contribution in [0.3, 0.4) is 0 Å². The lowest BCUT2D eigenvalue weighted by Gasteiger charge is -2.23. The van der Waals surface area contributed by atoms with Crippen molar-refractivity contribution in [2.75, 3.05) is 17.3 Å². The highest BCUT2D eigenvalue weighted by Crippen LogP contribution is 2.24. The van der Waals surface area contributed by atoms with Gasteiger partial charge in [-0.05, 0) is 36.4 Å². The Balaban J connectivity index is 1.72. The number of nitrogens with two attached hydrogens (primary N) is 1. The van der Waals surface area contributed by atoms with Gasteiger partial charge in [-0.2, -0.15) is 0 Å². The zero-order chi connectivity index (χ0) is 23.6. The van der Waals surface area contributed by atoms with Crippen molar-refractivity contribution in [3.05, 3.63) is 54.2 Å². The first-order valence-corrected chi connectivity index (χ1v) is 12.8. The Labute approximate surface area is 195 Å². The van der Waals surface area contributed by atoms with Gasteiger partial charge in [-0.3, -0.25) is 9.59 Å². The van der Waals surface area contributed by atoms with E-state index in [4.69, 9.17) is 16.9 Å². The van der Waals surface area contributed by atoms with Crippen molar-refractivity contribution in [3.63, 3.8) is 0 Å². The minimum Gasteiger partial charge on any atom is -0.399 e. The quantitative estimate of drug-likeness (QED) is 0.386. The molecule has 1 atom stereocenters. The molecular weight excluding hydrogens is 442 g/mol. The van der Waals surface area contributed by atoms with Crippen molar-refractivity contribution in [3.8, 4) is 11.1 Å². The fourth-order valence-corrected chi connectivity index (χ4v) is 3.90. The smallest absolute Gasteiger partial charge is 0.273 e. The molecule has 32 heavy (non-hydrogen) atoms. The van der Waals surface area contributed by atoms with E-state index in [2.05, 4.69) is 24.1 Å². The summed E-state index contributed by atoms with van der Waals surface area (Å²) >= 11 is 5.40. The molecule has 0 saturated carbocycles. The summed E-state index contributed by atoms with van der Waals surface area (Å²) in [7, 11) is 3.36. The molecule has 7 nitrogen and oxygen atoms in total. The molecule has 0 aliphatic rings. The summed E-state index contributed by atoms with van der Waals surface area (Å²) in [6, 6.07) is 9.29. The van der Waals surface area contributed by atoms with Crippen LogP contribution in [-0.4, -0.2) is 36.8 Å². The van der Waals surface area contributed by atoms with Gasteiger partial charge in [0.2, 0.25) is 0 Å². The number of nitrogens with one attached hydrogen (secondary N) is 1. The number of hydrogen-bond acceptors (Lipinski definition) is 5. The second-order valence-corrected chi connectivity index (χ2v) is 12.0. The number of anilines is 2. The van der Waals surface area contributed by atoms with E-state index < -0.39 is 0 Å². The Morgan fingerprint density at radius 3 is 2.41 bits per heavy atom. The summed E-state index contributed by atoms with van der Waals surface area (Å²) in [4.78, 5) is 29.9. The summed E-state index contributed by atoms with van der Waals surface area (Å²) in [6.07, 6.45) is 6.60. The molecule has 1 aromatic carbocycles. The lowest BCUT2D eigenvalue weighted by molar-refractivity contribution is 0.0962. The van der Waals surface area contributed by atoms with Gasteiger partial charge in [-0.25, -0.2) is 4.98 Å². The Hall–Kier alpha value is -2.78. The van der Waals surface area contributed by atoms with Crippen LogP contribution in [0.5, 0.6) is 0 Å². The van der Waals surface area contributed by atoms with Crippen molar-refractivity contribution in [1.29, 1.82) is 0 Å². The molecule has 0 radical (unpaired) electrons. The van der Waals surface area contributed by atoms with Gasteiger partial charge in [0.25, 0.3) is 5.91 Å². The van der Waals surface area contributed by atoms with Gasteiger partial charge in [-0.15, -0.1) is 9.45 Å². The van der Waals surface area contributed by atoms with Crippen LogP contribution in [-0.2, 0) is 34.7 Å². The Kier molecular flexibility index (Phi) is 7.00. The molecule has 1 unspecified atom stereocenters. The van der Waals surface area contributed by atoms with Crippen LogP contribution >= 0.6 is 0 Å². The third-order valence-corrected chi connectivity index (χ3v) is 8.70. The fraction of sp³-hybridized carbons (Fsp3) is 0.348. The number of nitrogen functional groups attached to an aromatic ring is 1. The number of Topliss-reactive ketones (excluding diaryl/α,β-unsaturated/α-hetero) is 1. The van der Waals surface area contributed by atoms with Crippen LogP contribution in [0.1, 0.15) is 47.8 Å². The first-order valence-electron chi connectivity index (χ1n) is 10.2. The zero-order valence-electron chi connectivity index (χ0n) is 19.0. The average Bonchev–Trinajstić information content (AvgIpc) is 3.29. The van der Waals surface area contributed by atoms with Gasteiger partial charge in [-0.1, -0.05) is 37.2 Å². The molecule has 0 saturated heterocycles. The van der Waals surface area contributed by atoms with E-state index in [9.17, 15) is 9.59 Å². The minimum atomic E-state index is -0.298. The molecule has 0 fully saturated rings. The van der Waals surface area contributed by atoms with Crippen molar-refractivity contribution < 1.29 is 9.59 Å². The summed E-state index contributed by atoms with van der Waals surface area (Å²) in [5.74, 6) is 0.305. The Morgan fingerprint density at radius 1 is 1.12 bits per heavy atom. The predicted molar refractivity (Wildman–Crippen MR) is 135 cm³/mol. The third kappa shape index (κ3) is 5.34. The topological polar surface area (TPSA) is 94.9 Å². The van der Waals surface area contributed by atoms with Gasteiger partial charge in [0.1, 0.15) is 5.69 Å². The molecule has 9 heteroatoms. The maximum Gasteiger partial charge on any atom is 0.273 e. The van der Waals surface area contributed by atoms with Crippen LogP contribution in [0.2, 0.25) is 0 Å². The van der Waals surface area contributed by atoms with E-state index in [-0.39, 0.29) is 25.9 Å². The number of aromatic nitrogens is 3. The number of rotatable bonds is 8. The molecule has 3 N–H and O–H groups in total. The first-order chi connectivity index (χ1) is 15.0. The van der Waals surface area contributed by atoms with Crippen LogP contribution in [0.15, 0.2) is 42.7 Å². The van der Waals surface area contributed by atoms with Gasteiger partial charge in [0.05, 0.1) is 0 Å². The highest BCUT2D eigenvalue weighted by Gasteiger charge is 2.23. The number of hydrogen-bond donors (Lipinski definition) is 2. The number of ketones is 1. The Morgan fingerprint density at radius 2 is 1.78 bits per heavy atom.